The van der Waals surface area contributed by atoms with Gasteiger partial charge in [0.1, 0.15) is 35.9 Å². The molecule has 0 radical (unpaired) electrons. The largest absolute Gasteiger partial charge is 0.220 e. The van der Waals surface area contributed by atoms with Crippen molar-refractivity contribution in [1.82, 2.24) is 14.8 Å². The van der Waals surface area contributed by atoms with Crippen molar-refractivity contribution in [1.29, 1.82) is 10.5 Å². The Morgan fingerprint density at radius 3 is 2.08 bits per heavy atom. The lowest BCUT2D eigenvalue weighted by Gasteiger charge is -2.15. The number of hydrogen-bond donors (Lipinski definition) is 0. The minimum Gasteiger partial charge on any atom is -0.220 e. The molecule has 122 valence electrons. The highest BCUT2D eigenvalue weighted by Gasteiger charge is 2.25. The van der Waals surface area contributed by atoms with Gasteiger partial charge in [0.15, 0.2) is 5.82 Å². The average Bonchev–Trinajstić information content (AvgIpc) is 3.02. The summed E-state index contributed by atoms with van der Waals surface area (Å²) < 4.78 is 44.7. The third-order valence-electron chi connectivity index (χ3n) is 3.64. The molecule has 2 aromatic carbocycles. The predicted molar refractivity (Wildman–Crippen MR) is 80.8 cm³/mol. The molecule has 0 fully saturated rings. The van der Waals surface area contributed by atoms with Crippen LogP contribution in [-0.2, 0) is 0 Å². The molecular weight excluding hydrogens is 331 g/mol. The van der Waals surface area contributed by atoms with Gasteiger partial charge in [-0.05, 0) is 31.2 Å². The van der Waals surface area contributed by atoms with Gasteiger partial charge >= 0.3 is 0 Å². The maximum Gasteiger partial charge on any atom is 0.151 e. The van der Waals surface area contributed by atoms with Crippen molar-refractivity contribution < 1.29 is 13.2 Å². The first kappa shape index (κ1) is 16.2. The molecule has 25 heavy (non-hydrogen) atoms. The summed E-state index contributed by atoms with van der Waals surface area (Å²) in [4.78, 5) is 3.89. The first-order valence-corrected chi connectivity index (χ1v) is 6.97. The number of aromatic nitrogens is 3. The molecule has 0 saturated carbocycles. The van der Waals surface area contributed by atoms with Crippen LogP contribution < -0.4 is 0 Å². The molecule has 0 aliphatic heterocycles. The van der Waals surface area contributed by atoms with E-state index in [1.807, 2.05) is 6.07 Å². The summed E-state index contributed by atoms with van der Waals surface area (Å²) in [5, 5.41) is 22.2. The second-order valence-corrected chi connectivity index (χ2v) is 5.05. The number of halogens is 3. The van der Waals surface area contributed by atoms with E-state index in [4.69, 9.17) is 5.26 Å². The molecule has 1 aromatic heterocycles. The second-order valence-electron chi connectivity index (χ2n) is 5.05. The van der Waals surface area contributed by atoms with E-state index in [1.54, 1.807) is 13.0 Å². The van der Waals surface area contributed by atoms with E-state index in [-0.39, 0.29) is 11.3 Å². The first-order valence-electron chi connectivity index (χ1n) is 6.97. The normalized spacial score (nSPS) is 10.3. The summed E-state index contributed by atoms with van der Waals surface area (Å²) in [5.74, 6) is -2.95. The Balaban J connectivity index is 2.50. The topological polar surface area (TPSA) is 78.3 Å². The third kappa shape index (κ3) is 2.50. The Morgan fingerprint density at radius 2 is 1.52 bits per heavy atom. The van der Waals surface area contributed by atoms with Crippen LogP contribution >= 0.6 is 0 Å². The fraction of sp³-hybridized carbons (Fsp3) is 0.0588. The minimum absolute atomic E-state index is 0.0499. The highest BCUT2D eigenvalue weighted by atomic mass is 19.1. The van der Waals surface area contributed by atoms with Crippen molar-refractivity contribution in [2.24, 2.45) is 0 Å². The lowest BCUT2D eigenvalue weighted by atomic mass is 9.96. The summed E-state index contributed by atoms with van der Waals surface area (Å²) >= 11 is 0. The number of benzene rings is 2. The molecule has 0 bridgehead atoms. The molecule has 0 saturated heterocycles. The summed E-state index contributed by atoms with van der Waals surface area (Å²) in [6.45, 7) is 1.54. The molecule has 0 aliphatic rings. The smallest absolute Gasteiger partial charge is 0.151 e. The van der Waals surface area contributed by atoms with Crippen molar-refractivity contribution in [2.75, 3.05) is 0 Å². The van der Waals surface area contributed by atoms with Crippen LogP contribution in [-0.4, -0.2) is 14.8 Å². The Labute approximate surface area is 140 Å². The molecule has 0 aliphatic carbocycles. The van der Waals surface area contributed by atoms with Gasteiger partial charge in [0.2, 0.25) is 0 Å². The average molecular weight is 339 g/mol. The molecule has 5 nitrogen and oxygen atoms in total. The molecule has 1 heterocycles. The number of nitriles is 2. The van der Waals surface area contributed by atoms with Gasteiger partial charge < -0.3 is 0 Å². The SMILES string of the molecule is Cc1ncnn1-c1c(C#N)ccc(F)c1-c1c(F)ccc(C#N)c1F. The van der Waals surface area contributed by atoms with E-state index in [9.17, 15) is 18.4 Å². The third-order valence-corrected chi connectivity index (χ3v) is 3.64. The molecule has 3 aromatic rings. The van der Waals surface area contributed by atoms with Crippen LogP contribution in [0.1, 0.15) is 17.0 Å². The minimum atomic E-state index is -1.21. The molecular formula is C17H8F3N5. The first-order chi connectivity index (χ1) is 12.0. The number of nitrogens with zero attached hydrogens (tertiary/aromatic N) is 5. The molecule has 0 N–H and O–H groups in total. The van der Waals surface area contributed by atoms with Crippen molar-refractivity contribution in [3.8, 4) is 29.0 Å². The van der Waals surface area contributed by atoms with Crippen LogP contribution in [0.2, 0.25) is 0 Å². The zero-order chi connectivity index (χ0) is 18.1. The highest BCUT2D eigenvalue weighted by molar-refractivity contribution is 5.79. The van der Waals surface area contributed by atoms with Gasteiger partial charge in [-0.25, -0.2) is 22.8 Å². The van der Waals surface area contributed by atoms with Gasteiger partial charge in [0.05, 0.1) is 27.9 Å². The fourth-order valence-electron chi connectivity index (χ4n) is 2.50. The van der Waals surface area contributed by atoms with Crippen LogP contribution in [0.3, 0.4) is 0 Å². The Morgan fingerprint density at radius 1 is 0.920 bits per heavy atom. The standard InChI is InChI=1S/C17H8F3N5/c1-9-23-8-24-25(9)17-11(7-22)3-5-13(19)15(17)14-12(18)4-2-10(6-21)16(14)20/h2-5,8H,1H3. The molecule has 0 atom stereocenters. The van der Waals surface area contributed by atoms with E-state index in [0.29, 0.717) is 5.82 Å². The van der Waals surface area contributed by atoms with Crippen LogP contribution in [0.5, 0.6) is 0 Å². The number of rotatable bonds is 2. The monoisotopic (exact) mass is 339 g/mol. The summed E-state index contributed by atoms with van der Waals surface area (Å²) in [5.41, 5.74) is -1.88. The van der Waals surface area contributed by atoms with Crippen LogP contribution in [0.15, 0.2) is 30.6 Å². The molecule has 3 rings (SSSR count). The summed E-state index contributed by atoms with van der Waals surface area (Å²) in [7, 11) is 0. The van der Waals surface area contributed by atoms with E-state index >= 15 is 0 Å². The van der Waals surface area contributed by atoms with Crippen molar-refractivity contribution in [3.05, 3.63) is 65.0 Å². The lowest BCUT2D eigenvalue weighted by Crippen LogP contribution is -2.08. The molecule has 0 spiro atoms. The van der Waals surface area contributed by atoms with Crippen LogP contribution in [0.4, 0.5) is 13.2 Å². The Bertz CT molecular complexity index is 1070. The maximum atomic E-state index is 14.6. The van der Waals surface area contributed by atoms with Gasteiger partial charge in [-0.3, -0.25) is 0 Å². The zero-order valence-corrected chi connectivity index (χ0v) is 12.8. The van der Waals surface area contributed by atoms with Crippen molar-refractivity contribution in [3.63, 3.8) is 0 Å². The van der Waals surface area contributed by atoms with Crippen LogP contribution in [0.25, 0.3) is 16.8 Å². The van der Waals surface area contributed by atoms with E-state index in [2.05, 4.69) is 10.1 Å². The van der Waals surface area contributed by atoms with Crippen molar-refractivity contribution in [2.45, 2.75) is 6.92 Å². The zero-order valence-electron chi connectivity index (χ0n) is 12.8. The predicted octanol–water partition coefficient (Wildman–Crippen LogP) is 3.40. The summed E-state index contributed by atoms with van der Waals surface area (Å²) in [6.07, 6.45) is 1.17. The second kappa shape index (κ2) is 6.10. The van der Waals surface area contributed by atoms with Crippen molar-refractivity contribution >= 4 is 0 Å². The number of hydrogen-bond acceptors (Lipinski definition) is 4. The van der Waals surface area contributed by atoms with Crippen LogP contribution in [0, 0.1) is 47.0 Å². The van der Waals surface area contributed by atoms with Gasteiger partial charge in [-0.1, -0.05) is 0 Å². The highest BCUT2D eigenvalue weighted by Crippen LogP contribution is 2.36. The van der Waals surface area contributed by atoms with Gasteiger partial charge in [-0.2, -0.15) is 15.6 Å². The Kier molecular flexibility index (Phi) is 3.96. The van der Waals surface area contributed by atoms with Gasteiger partial charge in [0.25, 0.3) is 0 Å². The Hall–Kier alpha value is -3.65. The van der Waals surface area contributed by atoms with E-state index in [1.165, 1.54) is 12.4 Å². The molecule has 0 amide bonds. The molecule has 8 heteroatoms. The van der Waals surface area contributed by atoms with E-state index < -0.39 is 34.1 Å². The fourth-order valence-corrected chi connectivity index (χ4v) is 2.50. The van der Waals surface area contributed by atoms with Gasteiger partial charge in [0, 0.05) is 0 Å². The summed E-state index contributed by atoms with van der Waals surface area (Å²) in [6, 6.07) is 7.37. The quantitative estimate of drug-likeness (QED) is 0.717. The number of aryl methyl sites for hydroxylation is 1. The molecule has 0 unspecified atom stereocenters. The van der Waals surface area contributed by atoms with Gasteiger partial charge in [-0.15, -0.1) is 0 Å². The van der Waals surface area contributed by atoms with E-state index in [0.717, 1.165) is 22.9 Å². The maximum absolute atomic E-state index is 14.6. The lowest BCUT2D eigenvalue weighted by molar-refractivity contribution is 0.579.